The zero-order chi connectivity index (χ0) is 14.7. The minimum atomic E-state index is 0.417. The van der Waals surface area contributed by atoms with Gasteiger partial charge in [-0.2, -0.15) is 0 Å². The zero-order valence-electron chi connectivity index (χ0n) is 11.6. The predicted molar refractivity (Wildman–Crippen MR) is 87.1 cm³/mol. The van der Waals surface area contributed by atoms with E-state index in [4.69, 9.17) is 27.9 Å². The summed E-state index contributed by atoms with van der Waals surface area (Å²) < 4.78 is 5.93. The smallest absolute Gasteiger partial charge is 0.142 e. The van der Waals surface area contributed by atoms with Crippen molar-refractivity contribution >= 4 is 23.2 Å². The fourth-order valence-electron chi connectivity index (χ4n) is 2.16. The van der Waals surface area contributed by atoms with Gasteiger partial charge in [-0.05, 0) is 25.0 Å². The first-order chi connectivity index (χ1) is 10.2. The molecule has 1 fully saturated rings. The summed E-state index contributed by atoms with van der Waals surface area (Å²) >= 11 is 12.4. The van der Waals surface area contributed by atoms with Crippen LogP contribution in [0.2, 0.25) is 10.0 Å². The highest BCUT2D eigenvalue weighted by Crippen LogP contribution is 2.31. The van der Waals surface area contributed by atoms with E-state index in [0.717, 1.165) is 23.4 Å². The molecule has 0 saturated heterocycles. The molecule has 1 aliphatic carbocycles. The van der Waals surface area contributed by atoms with Crippen molar-refractivity contribution in [3.8, 4) is 5.75 Å². The largest absolute Gasteiger partial charge is 0.487 e. The highest BCUT2D eigenvalue weighted by molar-refractivity contribution is 6.32. The first kappa shape index (κ1) is 14.7. The van der Waals surface area contributed by atoms with E-state index in [-0.39, 0.29) is 0 Å². The third-order valence-corrected chi connectivity index (χ3v) is 4.20. The quantitative estimate of drug-likeness (QED) is 0.823. The number of halogens is 2. The van der Waals surface area contributed by atoms with Gasteiger partial charge in [-0.3, -0.25) is 0 Å². The molecule has 1 aliphatic rings. The second-order valence-corrected chi connectivity index (χ2v) is 6.08. The van der Waals surface area contributed by atoms with Crippen LogP contribution in [-0.4, -0.2) is 6.04 Å². The molecule has 1 N–H and O–H groups in total. The molecule has 1 saturated carbocycles. The Morgan fingerprint density at radius 3 is 2.43 bits per heavy atom. The highest BCUT2D eigenvalue weighted by Gasteiger charge is 2.21. The van der Waals surface area contributed by atoms with Crippen LogP contribution in [-0.2, 0) is 13.2 Å². The van der Waals surface area contributed by atoms with Crippen LogP contribution in [0.5, 0.6) is 5.75 Å². The molecule has 0 radical (unpaired) electrons. The molecule has 0 atom stereocenters. The highest BCUT2D eigenvalue weighted by atomic mass is 35.5. The fourth-order valence-corrected chi connectivity index (χ4v) is 2.60. The summed E-state index contributed by atoms with van der Waals surface area (Å²) in [7, 11) is 0. The Balaban J connectivity index is 1.72. The first-order valence-corrected chi connectivity index (χ1v) is 7.86. The number of para-hydroxylation sites is 1. The molecule has 0 unspecified atom stereocenters. The first-order valence-electron chi connectivity index (χ1n) is 7.11. The predicted octanol–water partition coefficient (Wildman–Crippen LogP) is 4.82. The van der Waals surface area contributed by atoms with Crippen molar-refractivity contribution in [2.45, 2.75) is 32.0 Å². The van der Waals surface area contributed by atoms with Gasteiger partial charge in [0, 0.05) is 28.7 Å². The van der Waals surface area contributed by atoms with Gasteiger partial charge in [-0.25, -0.2) is 0 Å². The Kier molecular flexibility index (Phi) is 4.69. The molecule has 4 heteroatoms. The van der Waals surface area contributed by atoms with Gasteiger partial charge in [0.1, 0.15) is 12.4 Å². The standard InChI is InChI=1S/C17H17Cl2NO/c18-15-6-2-1-4-13(15)11-21-17-12(5-3-7-16(17)19)10-20-14-8-9-14/h1-7,14,20H,8-11H2. The molecule has 110 valence electrons. The maximum Gasteiger partial charge on any atom is 0.142 e. The Bertz CT molecular complexity index is 626. The van der Waals surface area contributed by atoms with E-state index in [9.17, 15) is 0 Å². The van der Waals surface area contributed by atoms with Crippen LogP contribution in [0.3, 0.4) is 0 Å². The van der Waals surface area contributed by atoms with Gasteiger partial charge < -0.3 is 10.1 Å². The minimum Gasteiger partial charge on any atom is -0.487 e. The maximum atomic E-state index is 6.28. The van der Waals surface area contributed by atoms with E-state index >= 15 is 0 Å². The Morgan fingerprint density at radius 2 is 1.67 bits per heavy atom. The Morgan fingerprint density at radius 1 is 0.952 bits per heavy atom. The molecular formula is C17H17Cl2NO. The van der Waals surface area contributed by atoms with Crippen molar-refractivity contribution in [2.24, 2.45) is 0 Å². The lowest BCUT2D eigenvalue weighted by Gasteiger charge is -2.14. The molecule has 0 bridgehead atoms. The molecule has 2 aromatic carbocycles. The van der Waals surface area contributed by atoms with Crippen molar-refractivity contribution in [1.29, 1.82) is 0 Å². The van der Waals surface area contributed by atoms with E-state index in [0.29, 0.717) is 22.7 Å². The maximum absolute atomic E-state index is 6.28. The zero-order valence-corrected chi connectivity index (χ0v) is 13.1. The summed E-state index contributed by atoms with van der Waals surface area (Å²) in [5.41, 5.74) is 2.04. The molecule has 3 rings (SSSR count). The summed E-state index contributed by atoms with van der Waals surface area (Å²) in [6.45, 7) is 1.20. The second kappa shape index (κ2) is 6.69. The summed E-state index contributed by atoms with van der Waals surface area (Å²) in [6.07, 6.45) is 2.52. The van der Waals surface area contributed by atoms with E-state index in [1.165, 1.54) is 12.8 Å². The second-order valence-electron chi connectivity index (χ2n) is 5.26. The van der Waals surface area contributed by atoms with E-state index in [1.54, 1.807) is 0 Å². The van der Waals surface area contributed by atoms with E-state index in [1.807, 2.05) is 42.5 Å². The number of hydrogen-bond donors (Lipinski definition) is 1. The van der Waals surface area contributed by atoms with Crippen molar-refractivity contribution in [3.63, 3.8) is 0 Å². The lowest BCUT2D eigenvalue weighted by atomic mass is 10.2. The van der Waals surface area contributed by atoms with Crippen LogP contribution >= 0.6 is 23.2 Å². The molecule has 0 spiro atoms. The average Bonchev–Trinajstić information content (AvgIpc) is 3.30. The van der Waals surface area contributed by atoms with Crippen LogP contribution in [0.15, 0.2) is 42.5 Å². The van der Waals surface area contributed by atoms with Gasteiger partial charge in [0.15, 0.2) is 0 Å². The van der Waals surface area contributed by atoms with Gasteiger partial charge >= 0.3 is 0 Å². The third kappa shape index (κ3) is 3.91. The Hall–Kier alpha value is -1.22. The summed E-state index contributed by atoms with van der Waals surface area (Å²) in [4.78, 5) is 0. The van der Waals surface area contributed by atoms with Crippen molar-refractivity contribution in [1.82, 2.24) is 5.32 Å². The third-order valence-electron chi connectivity index (χ3n) is 3.54. The van der Waals surface area contributed by atoms with Crippen LogP contribution in [0.1, 0.15) is 24.0 Å². The van der Waals surface area contributed by atoms with E-state index < -0.39 is 0 Å². The number of rotatable bonds is 6. The monoisotopic (exact) mass is 321 g/mol. The van der Waals surface area contributed by atoms with E-state index in [2.05, 4.69) is 5.32 Å². The molecule has 0 amide bonds. The number of ether oxygens (including phenoxy) is 1. The van der Waals surface area contributed by atoms with Gasteiger partial charge in [0.05, 0.1) is 5.02 Å². The SMILES string of the molecule is Clc1ccccc1COc1c(Cl)cccc1CNC1CC1. The normalized spacial score (nSPS) is 14.2. The topological polar surface area (TPSA) is 21.3 Å². The van der Waals surface area contributed by atoms with Crippen LogP contribution < -0.4 is 10.1 Å². The lowest BCUT2D eigenvalue weighted by Crippen LogP contribution is -2.16. The van der Waals surface area contributed by atoms with Crippen LogP contribution in [0.25, 0.3) is 0 Å². The van der Waals surface area contributed by atoms with Crippen LogP contribution in [0.4, 0.5) is 0 Å². The molecule has 2 nitrogen and oxygen atoms in total. The van der Waals surface area contributed by atoms with Crippen molar-refractivity contribution < 1.29 is 4.74 Å². The molecule has 0 heterocycles. The fraction of sp³-hybridized carbons (Fsp3) is 0.294. The van der Waals surface area contributed by atoms with Gasteiger partial charge in [-0.15, -0.1) is 0 Å². The Labute approximate surface area is 135 Å². The molecular weight excluding hydrogens is 305 g/mol. The van der Waals surface area contributed by atoms with Gasteiger partial charge in [-0.1, -0.05) is 53.5 Å². The number of nitrogens with one attached hydrogen (secondary N) is 1. The van der Waals surface area contributed by atoms with Crippen molar-refractivity contribution in [2.75, 3.05) is 0 Å². The minimum absolute atomic E-state index is 0.417. The molecule has 21 heavy (non-hydrogen) atoms. The van der Waals surface area contributed by atoms with Crippen LogP contribution in [0, 0.1) is 0 Å². The summed E-state index contributed by atoms with van der Waals surface area (Å²) in [5.74, 6) is 0.743. The number of hydrogen-bond acceptors (Lipinski definition) is 2. The molecule has 0 aliphatic heterocycles. The summed E-state index contributed by atoms with van der Waals surface area (Å²) in [6, 6.07) is 14.2. The molecule has 2 aromatic rings. The van der Waals surface area contributed by atoms with Gasteiger partial charge in [0.2, 0.25) is 0 Å². The lowest BCUT2D eigenvalue weighted by molar-refractivity contribution is 0.302. The average molecular weight is 322 g/mol. The van der Waals surface area contributed by atoms with Gasteiger partial charge in [0.25, 0.3) is 0 Å². The van der Waals surface area contributed by atoms with Crippen molar-refractivity contribution in [3.05, 3.63) is 63.6 Å². The number of benzene rings is 2. The summed E-state index contributed by atoms with van der Waals surface area (Å²) in [5, 5.41) is 4.83. The molecule has 0 aromatic heterocycles.